The van der Waals surface area contributed by atoms with E-state index in [1.807, 2.05) is 61.9 Å². The maximum absolute atomic E-state index is 13.0. The number of benzene rings is 1. The first-order chi connectivity index (χ1) is 16.2. The summed E-state index contributed by atoms with van der Waals surface area (Å²) in [6, 6.07) is 9.49. The number of aromatic nitrogens is 2. The lowest BCUT2D eigenvalue weighted by molar-refractivity contribution is 0.0430. The first kappa shape index (κ1) is 28.0. The van der Waals surface area contributed by atoms with Crippen molar-refractivity contribution in [3.63, 3.8) is 0 Å². The molecule has 0 aliphatic rings. The number of hydrogen-bond acceptors (Lipinski definition) is 7. The van der Waals surface area contributed by atoms with E-state index in [0.29, 0.717) is 0 Å². The van der Waals surface area contributed by atoms with Crippen molar-refractivity contribution in [3.05, 3.63) is 56.3 Å². The molecule has 0 radical (unpaired) electrons. The van der Waals surface area contributed by atoms with E-state index in [2.05, 4.69) is 60.1 Å². The van der Waals surface area contributed by atoms with Crippen molar-refractivity contribution in [1.29, 1.82) is 0 Å². The number of hydrogen-bond donors (Lipinski definition) is 1. The molecule has 0 spiro atoms. The monoisotopic (exact) mass is 595 g/mol. The first-order valence-electron chi connectivity index (χ1n) is 11.5. The third kappa shape index (κ3) is 7.45. The van der Waals surface area contributed by atoms with E-state index in [-0.39, 0.29) is 5.04 Å². The highest BCUT2D eigenvalue weighted by molar-refractivity contribution is 9.10. The SMILES string of the molecule is CC(C)(C)OC(=O)N[C@H](c1nc(-c2nc(Br)cs2)cs1)[C@H](O[Si](C)(C)C(C)(C)C)c1ccccc1. The van der Waals surface area contributed by atoms with Crippen LogP contribution >= 0.6 is 38.6 Å². The van der Waals surface area contributed by atoms with Crippen molar-refractivity contribution >= 4 is 53.0 Å². The summed E-state index contributed by atoms with van der Waals surface area (Å²) in [7, 11) is -2.23. The van der Waals surface area contributed by atoms with Crippen LogP contribution in [0.2, 0.25) is 18.1 Å². The van der Waals surface area contributed by atoms with Gasteiger partial charge in [0, 0.05) is 10.8 Å². The summed E-state index contributed by atoms with van der Waals surface area (Å²) in [4.78, 5) is 22.4. The number of halogens is 1. The zero-order chi connectivity index (χ0) is 26.0. The molecular weight excluding hydrogens is 562 g/mol. The molecule has 1 aromatic carbocycles. The molecule has 10 heteroatoms. The molecule has 6 nitrogen and oxygen atoms in total. The van der Waals surface area contributed by atoms with Gasteiger partial charge in [0.15, 0.2) is 8.32 Å². The molecular formula is C25H34BrN3O3S2Si. The third-order valence-corrected chi connectivity index (χ3v) is 12.8. The maximum atomic E-state index is 13.0. The number of alkyl carbamates (subject to hydrolysis) is 1. The highest BCUT2D eigenvalue weighted by Crippen LogP contribution is 2.44. The van der Waals surface area contributed by atoms with Gasteiger partial charge < -0.3 is 14.5 Å². The standard InChI is InChI=1S/C25H34BrN3O3S2Si/c1-24(2,3)31-23(30)29-19(22-27-17(14-33-22)21-28-18(26)15-34-21)20(16-12-10-9-11-13-16)32-35(7,8)25(4,5)6/h9-15,19-20H,1-8H3,(H,29,30)/t19-,20+/m0/s1. The van der Waals surface area contributed by atoms with E-state index >= 15 is 0 Å². The fraction of sp³-hybridized carbons (Fsp3) is 0.480. The van der Waals surface area contributed by atoms with Crippen molar-refractivity contribution in [2.24, 2.45) is 0 Å². The van der Waals surface area contributed by atoms with E-state index in [1.54, 1.807) is 0 Å². The number of carbonyl (C=O) groups is 1. The van der Waals surface area contributed by atoms with Gasteiger partial charge in [-0.25, -0.2) is 14.8 Å². The number of rotatable bonds is 7. The van der Waals surface area contributed by atoms with Gasteiger partial charge in [-0.05, 0) is 60.4 Å². The largest absolute Gasteiger partial charge is 0.444 e. The summed E-state index contributed by atoms with van der Waals surface area (Å²) >= 11 is 6.42. The van der Waals surface area contributed by atoms with Crippen LogP contribution in [0.3, 0.4) is 0 Å². The van der Waals surface area contributed by atoms with Gasteiger partial charge in [-0.2, -0.15) is 0 Å². The van der Waals surface area contributed by atoms with Crippen LogP contribution in [-0.4, -0.2) is 30.0 Å². The summed E-state index contributed by atoms with van der Waals surface area (Å²) in [6.07, 6.45) is -0.942. The average Bonchev–Trinajstić information content (AvgIpc) is 3.38. The molecule has 1 N–H and O–H groups in total. The van der Waals surface area contributed by atoms with E-state index < -0.39 is 32.2 Å². The number of nitrogens with zero attached hydrogens (tertiary/aromatic N) is 2. The quantitative estimate of drug-likeness (QED) is 0.278. The molecule has 0 unspecified atom stereocenters. The van der Waals surface area contributed by atoms with Crippen LogP contribution < -0.4 is 5.32 Å². The van der Waals surface area contributed by atoms with E-state index in [9.17, 15) is 4.79 Å². The molecule has 1 amide bonds. The van der Waals surface area contributed by atoms with E-state index in [0.717, 1.165) is 25.9 Å². The summed E-state index contributed by atoms with van der Waals surface area (Å²) < 4.78 is 13.4. The van der Waals surface area contributed by atoms with Crippen molar-refractivity contribution < 1.29 is 14.0 Å². The third-order valence-electron chi connectivity index (χ3n) is 5.81. The lowest BCUT2D eigenvalue weighted by atomic mass is 10.0. The molecule has 190 valence electrons. The Bertz CT molecular complexity index is 1140. The van der Waals surface area contributed by atoms with Gasteiger partial charge in [0.2, 0.25) is 0 Å². The Morgan fingerprint density at radius 1 is 1.03 bits per heavy atom. The lowest BCUT2D eigenvalue weighted by Gasteiger charge is -2.41. The molecule has 3 aromatic rings. The highest BCUT2D eigenvalue weighted by atomic mass is 79.9. The first-order valence-corrected chi connectivity index (χ1v) is 16.9. The van der Waals surface area contributed by atoms with Crippen LogP contribution in [0.1, 0.15) is 64.3 Å². The molecule has 0 saturated heterocycles. The van der Waals surface area contributed by atoms with Crippen molar-refractivity contribution in [1.82, 2.24) is 15.3 Å². The Morgan fingerprint density at radius 2 is 1.69 bits per heavy atom. The molecule has 2 heterocycles. The molecule has 0 aliphatic heterocycles. The molecule has 0 bridgehead atoms. The second-order valence-corrected chi connectivity index (χ2v) is 18.2. The molecule has 3 rings (SSSR count). The lowest BCUT2D eigenvalue weighted by Crippen LogP contribution is -2.45. The van der Waals surface area contributed by atoms with Gasteiger partial charge in [-0.3, -0.25) is 0 Å². The fourth-order valence-corrected chi connectivity index (χ4v) is 6.49. The predicted octanol–water partition coefficient (Wildman–Crippen LogP) is 8.36. The molecule has 35 heavy (non-hydrogen) atoms. The summed E-state index contributed by atoms with van der Waals surface area (Å²) in [5, 5.41) is 8.53. The Labute approximate surface area is 225 Å². The second kappa shape index (κ2) is 10.8. The molecule has 0 fully saturated rings. The summed E-state index contributed by atoms with van der Waals surface area (Å²) in [6.45, 7) is 16.6. The normalized spacial score (nSPS) is 14.4. The van der Waals surface area contributed by atoms with Crippen molar-refractivity contribution in [3.8, 4) is 10.7 Å². The number of carbonyl (C=O) groups excluding carboxylic acids is 1. The van der Waals surface area contributed by atoms with Gasteiger partial charge in [-0.15, -0.1) is 22.7 Å². The highest BCUT2D eigenvalue weighted by Gasteiger charge is 2.43. The zero-order valence-corrected chi connectivity index (χ0v) is 25.7. The number of amides is 1. The van der Waals surface area contributed by atoms with Crippen LogP contribution in [0.25, 0.3) is 10.7 Å². The van der Waals surface area contributed by atoms with Crippen molar-refractivity contribution in [2.45, 2.75) is 77.4 Å². The Kier molecular flexibility index (Phi) is 8.63. The predicted molar refractivity (Wildman–Crippen MR) is 150 cm³/mol. The Hall–Kier alpha value is -1.59. The average molecular weight is 597 g/mol. The van der Waals surface area contributed by atoms with Crippen LogP contribution in [0, 0.1) is 0 Å². The maximum Gasteiger partial charge on any atom is 0.408 e. The smallest absolute Gasteiger partial charge is 0.408 e. The Balaban J connectivity index is 2.07. The van der Waals surface area contributed by atoms with Crippen molar-refractivity contribution in [2.75, 3.05) is 0 Å². The molecule has 0 aliphatic carbocycles. The number of nitrogens with one attached hydrogen (secondary N) is 1. The van der Waals surface area contributed by atoms with Gasteiger partial charge in [0.1, 0.15) is 32.0 Å². The van der Waals surface area contributed by atoms with Gasteiger partial charge in [-0.1, -0.05) is 51.1 Å². The van der Waals surface area contributed by atoms with E-state index in [1.165, 1.54) is 22.7 Å². The summed E-state index contributed by atoms with van der Waals surface area (Å²) in [5.74, 6) is 0. The molecule has 0 saturated carbocycles. The summed E-state index contributed by atoms with van der Waals surface area (Å²) in [5.41, 5.74) is 1.13. The molecule has 2 atom stereocenters. The van der Waals surface area contributed by atoms with E-state index in [4.69, 9.17) is 14.1 Å². The number of ether oxygens (including phenoxy) is 1. The van der Waals surface area contributed by atoms with Gasteiger partial charge in [0.05, 0.1) is 6.10 Å². The second-order valence-electron chi connectivity index (χ2n) is 10.9. The minimum absolute atomic E-state index is 0.0162. The number of thiazole rings is 2. The minimum Gasteiger partial charge on any atom is -0.444 e. The van der Waals surface area contributed by atoms with Crippen LogP contribution in [0.15, 0.2) is 45.7 Å². The topological polar surface area (TPSA) is 73.3 Å². The molecule has 2 aromatic heterocycles. The fourth-order valence-electron chi connectivity index (χ4n) is 3.07. The minimum atomic E-state index is -2.23. The van der Waals surface area contributed by atoms with Crippen LogP contribution in [0.4, 0.5) is 4.79 Å². The van der Waals surface area contributed by atoms with Crippen LogP contribution in [0.5, 0.6) is 0 Å². The van der Waals surface area contributed by atoms with Crippen LogP contribution in [-0.2, 0) is 9.16 Å². The van der Waals surface area contributed by atoms with Gasteiger partial charge >= 0.3 is 6.09 Å². The van der Waals surface area contributed by atoms with Gasteiger partial charge in [0.25, 0.3) is 0 Å². The zero-order valence-electron chi connectivity index (χ0n) is 21.5. The Morgan fingerprint density at radius 3 is 2.23 bits per heavy atom.